The van der Waals surface area contributed by atoms with Gasteiger partial charge in [0.1, 0.15) is 0 Å². The second-order valence-corrected chi connectivity index (χ2v) is 6.34. The van der Waals surface area contributed by atoms with Gasteiger partial charge in [-0.1, -0.05) is 18.2 Å². The highest BCUT2D eigenvalue weighted by atomic mass is 16.2. The fraction of sp³-hybridized carbons (Fsp3) is 0.529. The number of amides is 2. The van der Waals surface area contributed by atoms with Crippen molar-refractivity contribution in [2.45, 2.75) is 25.8 Å². The Morgan fingerprint density at radius 1 is 1.32 bits per heavy atom. The summed E-state index contributed by atoms with van der Waals surface area (Å²) in [5.41, 5.74) is 2.66. The van der Waals surface area contributed by atoms with Gasteiger partial charge in [-0.3, -0.25) is 9.59 Å². The van der Waals surface area contributed by atoms with Crippen molar-refractivity contribution in [2.75, 3.05) is 31.6 Å². The Bertz CT molecular complexity index is 587. The van der Waals surface area contributed by atoms with Crippen LogP contribution in [0.5, 0.6) is 0 Å². The largest absolute Gasteiger partial charge is 0.367 e. The summed E-state index contributed by atoms with van der Waals surface area (Å²) >= 11 is 0. The molecule has 22 heavy (non-hydrogen) atoms. The summed E-state index contributed by atoms with van der Waals surface area (Å²) < 4.78 is 0. The van der Waals surface area contributed by atoms with E-state index >= 15 is 0 Å². The van der Waals surface area contributed by atoms with E-state index < -0.39 is 0 Å². The number of para-hydroxylation sites is 1. The number of likely N-dealkylation sites (tertiary alicyclic amines) is 1. The van der Waals surface area contributed by atoms with E-state index in [4.69, 9.17) is 0 Å². The third-order valence-electron chi connectivity index (χ3n) is 4.71. The minimum atomic E-state index is -0.194. The molecule has 3 rings (SSSR count). The molecule has 5 nitrogen and oxygen atoms in total. The molecular formula is C17H23N3O2. The van der Waals surface area contributed by atoms with Crippen LogP contribution in [0.1, 0.15) is 18.9 Å². The average Bonchev–Trinajstić information content (AvgIpc) is 2.99. The Kier molecular flexibility index (Phi) is 4.05. The van der Waals surface area contributed by atoms with Gasteiger partial charge in [-0.05, 0) is 25.0 Å². The number of hydrogen-bond donors (Lipinski definition) is 1. The van der Waals surface area contributed by atoms with E-state index in [1.807, 2.05) is 0 Å². The van der Waals surface area contributed by atoms with Crippen molar-refractivity contribution in [1.82, 2.24) is 10.2 Å². The first-order chi connectivity index (χ1) is 10.6. The minimum Gasteiger partial charge on any atom is -0.367 e. The van der Waals surface area contributed by atoms with Crippen molar-refractivity contribution in [3.05, 3.63) is 29.8 Å². The monoisotopic (exact) mass is 301 g/mol. The Morgan fingerprint density at radius 3 is 2.82 bits per heavy atom. The van der Waals surface area contributed by atoms with Gasteiger partial charge in [-0.15, -0.1) is 0 Å². The van der Waals surface area contributed by atoms with Crippen LogP contribution < -0.4 is 10.2 Å². The van der Waals surface area contributed by atoms with Crippen LogP contribution in [0.3, 0.4) is 0 Å². The summed E-state index contributed by atoms with van der Waals surface area (Å²) in [5, 5.41) is 2.98. The number of nitrogens with one attached hydrogen (secondary N) is 1. The van der Waals surface area contributed by atoms with E-state index in [0.29, 0.717) is 25.6 Å². The highest BCUT2D eigenvalue weighted by Gasteiger charge is 2.32. The molecule has 0 radical (unpaired) electrons. The molecule has 2 aliphatic heterocycles. The molecule has 1 fully saturated rings. The maximum Gasteiger partial charge on any atom is 0.225 e. The fourth-order valence-corrected chi connectivity index (χ4v) is 3.45. The lowest BCUT2D eigenvalue weighted by Crippen LogP contribution is -2.40. The topological polar surface area (TPSA) is 52.7 Å². The van der Waals surface area contributed by atoms with E-state index in [2.05, 4.69) is 41.4 Å². The highest BCUT2D eigenvalue weighted by Crippen LogP contribution is 2.31. The van der Waals surface area contributed by atoms with Crippen molar-refractivity contribution in [3.63, 3.8) is 0 Å². The number of hydrogen-bond acceptors (Lipinski definition) is 3. The SMILES string of the molecule is CC1Cc2ccccc2N1CCNC(=O)C1CC(=O)N(C)C1. The lowest BCUT2D eigenvalue weighted by Gasteiger charge is -2.25. The van der Waals surface area contributed by atoms with Crippen molar-refractivity contribution in [2.24, 2.45) is 5.92 Å². The lowest BCUT2D eigenvalue weighted by molar-refractivity contribution is -0.128. The van der Waals surface area contributed by atoms with Gasteiger partial charge in [-0.25, -0.2) is 0 Å². The van der Waals surface area contributed by atoms with Crippen molar-refractivity contribution < 1.29 is 9.59 Å². The van der Waals surface area contributed by atoms with Gasteiger partial charge >= 0.3 is 0 Å². The smallest absolute Gasteiger partial charge is 0.225 e. The Hall–Kier alpha value is -2.04. The molecule has 0 aliphatic carbocycles. The summed E-state index contributed by atoms with van der Waals surface area (Å²) in [5.74, 6) is -0.138. The summed E-state index contributed by atoms with van der Waals surface area (Å²) in [6, 6.07) is 8.91. The van der Waals surface area contributed by atoms with Gasteiger partial charge in [0.15, 0.2) is 0 Å². The maximum atomic E-state index is 12.1. The van der Waals surface area contributed by atoms with Gasteiger partial charge in [0, 0.05) is 44.8 Å². The molecule has 2 heterocycles. The second kappa shape index (κ2) is 5.99. The van der Waals surface area contributed by atoms with Crippen LogP contribution in [0.4, 0.5) is 5.69 Å². The summed E-state index contributed by atoms with van der Waals surface area (Å²) in [7, 11) is 1.75. The second-order valence-electron chi connectivity index (χ2n) is 6.34. The third-order valence-corrected chi connectivity index (χ3v) is 4.71. The molecule has 2 aliphatic rings. The molecule has 2 amide bonds. The van der Waals surface area contributed by atoms with Crippen LogP contribution in [0.2, 0.25) is 0 Å². The summed E-state index contributed by atoms with van der Waals surface area (Å²) in [4.78, 5) is 27.6. The van der Waals surface area contributed by atoms with E-state index in [9.17, 15) is 9.59 Å². The molecular weight excluding hydrogens is 278 g/mol. The van der Waals surface area contributed by atoms with Gasteiger partial charge < -0.3 is 15.1 Å². The zero-order chi connectivity index (χ0) is 15.7. The van der Waals surface area contributed by atoms with Gasteiger partial charge in [0.05, 0.1) is 5.92 Å². The maximum absolute atomic E-state index is 12.1. The quantitative estimate of drug-likeness (QED) is 0.904. The van der Waals surface area contributed by atoms with Crippen LogP contribution in [-0.2, 0) is 16.0 Å². The molecule has 2 atom stereocenters. The number of fused-ring (bicyclic) bond motifs is 1. The Labute approximate surface area is 131 Å². The van der Waals surface area contributed by atoms with Crippen LogP contribution in [0, 0.1) is 5.92 Å². The van der Waals surface area contributed by atoms with Gasteiger partial charge in [0.25, 0.3) is 0 Å². The van der Waals surface area contributed by atoms with Crippen LogP contribution in [0.15, 0.2) is 24.3 Å². The lowest BCUT2D eigenvalue weighted by atomic mass is 10.1. The third kappa shape index (κ3) is 2.80. The molecule has 118 valence electrons. The molecule has 0 bridgehead atoms. The van der Waals surface area contributed by atoms with Gasteiger partial charge in [-0.2, -0.15) is 0 Å². The molecule has 1 saturated heterocycles. The Balaban J connectivity index is 1.51. The van der Waals surface area contributed by atoms with E-state index in [1.165, 1.54) is 11.3 Å². The standard InChI is InChI=1S/C17H23N3O2/c1-12-9-13-5-3-4-6-15(13)20(12)8-7-18-17(22)14-10-16(21)19(2)11-14/h3-6,12,14H,7-11H2,1-2H3,(H,18,22). The van der Waals surface area contributed by atoms with Crippen LogP contribution in [0.25, 0.3) is 0 Å². The Morgan fingerprint density at radius 2 is 2.09 bits per heavy atom. The predicted octanol–water partition coefficient (Wildman–Crippen LogP) is 1.03. The fourth-order valence-electron chi connectivity index (χ4n) is 3.45. The summed E-state index contributed by atoms with van der Waals surface area (Å²) in [6.45, 7) is 4.17. The molecule has 1 N–H and O–H groups in total. The number of carbonyl (C=O) groups is 2. The molecule has 0 aromatic heterocycles. The van der Waals surface area contributed by atoms with E-state index in [-0.39, 0.29) is 17.7 Å². The number of carbonyl (C=O) groups excluding carboxylic acids is 2. The van der Waals surface area contributed by atoms with Crippen molar-refractivity contribution in [3.8, 4) is 0 Å². The molecule has 5 heteroatoms. The van der Waals surface area contributed by atoms with Gasteiger partial charge in [0.2, 0.25) is 11.8 Å². The highest BCUT2D eigenvalue weighted by molar-refractivity contribution is 5.89. The molecule has 0 spiro atoms. The normalized spacial score (nSPS) is 23.8. The predicted molar refractivity (Wildman–Crippen MR) is 85.7 cm³/mol. The first kappa shape index (κ1) is 14.9. The number of anilines is 1. The first-order valence-electron chi connectivity index (χ1n) is 7.92. The van der Waals surface area contributed by atoms with E-state index in [1.54, 1.807) is 11.9 Å². The molecule has 1 aromatic carbocycles. The zero-order valence-corrected chi connectivity index (χ0v) is 13.2. The van der Waals surface area contributed by atoms with Crippen LogP contribution in [-0.4, -0.2) is 49.4 Å². The molecule has 2 unspecified atom stereocenters. The van der Waals surface area contributed by atoms with E-state index in [0.717, 1.165) is 13.0 Å². The number of nitrogens with zero attached hydrogens (tertiary/aromatic N) is 2. The zero-order valence-electron chi connectivity index (χ0n) is 13.2. The van der Waals surface area contributed by atoms with Crippen molar-refractivity contribution >= 4 is 17.5 Å². The number of benzene rings is 1. The molecule has 0 saturated carbocycles. The van der Waals surface area contributed by atoms with Crippen LogP contribution >= 0.6 is 0 Å². The molecule has 1 aromatic rings. The summed E-state index contributed by atoms with van der Waals surface area (Å²) in [6.07, 6.45) is 1.40. The average molecular weight is 301 g/mol. The first-order valence-corrected chi connectivity index (χ1v) is 7.92. The van der Waals surface area contributed by atoms with Crippen molar-refractivity contribution in [1.29, 1.82) is 0 Å². The number of rotatable bonds is 4. The minimum absolute atomic E-state index is 0.00200.